The van der Waals surface area contributed by atoms with Gasteiger partial charge in [0.15, 0.2) is 6.04 Å². The van der Waals surface area contributed by atoms with Crippen molar-refractivity contribution in [3.63, 3.8) is 0 Å². The Balaban J connectivity index is 2.19. The van der Waals surface area contributed by atoms with E-state index in [-0.39, 0.29) is 11.3 Å². The van der Waals surface area contributed by atoms with Gasteiger partial charge in [0.2, 0.25) is 5.91 Å². The molecule has 2 aliphatic rings. The van der Waals surface area contributed by atoms with Crippen LogP contribution in [0.25, 0.3) is 0 Å². The number of carbonyl (C=O) groups is 2. The van der Waals surface area contributed by atoms with E-state index in [1.807, 2.05) is 12.3 Å². The standard InChI is InChI=1S/C10H14N2O3S2/c1-2-16-3-5-4-17-9-6(11)8(13)12(9)7(5)10(14)15/h4,6-7,9H,2-3,11H2,1H3,(H,14,15)/t6?,7?,9-/m0/s1. The van der Waals surface area contributed by atoms with Crippen LogP contribution in [0, 0.1) is 0 Å². The molecule has 2 unspecified atom stereocenters. The van der Waals surface area contributed by atoms with Gasteiger partial charge in [0.25, 0.3) is 0 Å². The van der Waals surface area contributed by atoms with Gasteiger partial charge in [0.05, 0.1) is 0 Å². The molecule has 94 valence electrons. The van der Waals surface area contributed by atoms with E-state index in [1.165, 1.54) is 16.7 Å². The van der Waals surface area contributed by atoms with Crippen LogP contribution in [0.15, 0.2) is 11.0 Å². The SMILES string of the molecule is CCSCC1=CS[C@H]2C(N)C(=O)N2C1C(=O)O. The van der Waals surface area contributed by atoms with E-state index in [4.69, 9.17) is 5.73 Å². The van der Waals surface area contributed by atoms with Crippen molar-refractivity contribution in [2.75, 3.05) is 11.5 Å². The number of carbonyl (C=O) groups excluding carboxylic acids is 1. The summed E-state index contributed by atoms with van der Waals surface area (Å²) in [6.45, 7) is 2.02. The monoisotopic (exact) mass is 274 g/mol. The molecule has 1 saturated heterocycles. The Morgan fingerprint density at radius 3 is 3.00 bits per heavy atom. The minimum absolute atomic E-state index is 0.209. The third kappa shape index (κ3) is 2.07. The topological polar surface area (TPSA) is 83.6 Å². The lowest BCUT2D eigenvalue weighted by atomic mass is 10.00. The molecule has 3 N–H and O–H groups in total. The van der Waals surface area contributed by atoms with E-state index < -0.39 is 18.1 Å². The van der Waals surface area contributed by atoms with E-state index in [0.29, 0.717) is 5.75 Å². The van der Waals surface area contributed by atoms with E-state index in [9.17, 15) is 14.7 Å². The second-order valence-electron chi connectivity index (χ2n) is 3.87. The molecule has 17 heavy (non-hydrogen) atoms. The van der Waals surface area contributed by atoms with Crippen LogP contribution in [0.3, 0.4) is 0 Å². The molecule has 0 bridgehead atoms. The lowest BCUT2D eigenvalue weighted by molar-refractivity contribution is -0.157. The number of thioether (sulfide) groups is 2. The Morgan fingerprint density at radius 2 is 2.41 bits per heavy atom. The van der Waals surface area contributed by atoms with Crippen molar-refractivity contribution in [2.45, 2.75) is 24.4 Å². The maximum absolute atomic E-state index is 11.6. The summed E-state index contributed by atoms with van der Waals surface area (Å²) in [5.41, 5.74) is 6.43. The van der Waals surface area contributed by atoms with Gasteiger partial charge in [0.1, 0.15) is 11.4 Å². The Bertz CT molecular complexity index is 386. The summed E-state index contributed by atoms with van der Waals surface area (Å²) in [6, 6.07) is -1.38. The van der Waals surface area contributed by atoms with Crippen molar-refractivity contribution in [1.29, 1.82) is 0 Å². The maximum Gasteiger partial charge on any atom is 0.330 e. The fourth-order valence-electron chi connectivity index (χ4n) is 1.95. The van der Waals surface area contributed by atoms with Crippen LogP contribution in [0.5, 0.6) is 0 Å². The highest BCUT2D eigenvalue weighted by Crippen LogP contribution is 2.39. The molecule has 2 aliphatic heterocycles. The first-order valence-corrected chi connectivity index (χ1v) is 7.40. The summed E-state index contributed by atoms with van der Waals surface area (Å²) >= 11 is 3.10. The molecule has 2 rings (SSSR count). The highest BCUT2D eigenvalue weighted by molar-refractivity contribution is 8.03. The van der Waals surface area contributed by atoms with Gasteiger partial charge >= 0.3 is 5.97 Å². The Kier molecular flexibility index (Phi) is 3.70. The molecule has 0 aliphatic carbocycles. The Hall–Kier alpha value is -0.660. The van der Waals surface area contributed by atoms with Gasteiger partial charge in [0, 0.05) is 5.75 Å². The number of fused-ring (bicyclic) bond motifs is 1. The molecule has 0 aromatic rings. The maximum atomic E-state index is 11.6. The third-order valence-electron chi connectivity index (χ3n) is 2.82. The van der Waals surface area contributed by atoms with Gasteiger partial charge in [-0.25, -0.2) is 4.79 Å². The smallest absolute Gasteiger partial charge is 0.330 e. The molecule has 0 spiro atoms. The first-order chi connectivity index (χ1) is 8.07. The number of carboxylic acids is 1. The highest BCUT2D eigenvalue weighted by Gasteiger charge is 2.53. The summed E-state index contributed by atoms with van der Waals surface area (Å²) in [4.78, 5) is 24.3. The Labute approximate surface area is 108 Å². The number of aliphatic carboxylic acids is 1. The van der Waals surface area contributed by atoms with Gasteiger partial charge in [-0.3, -0.25) is 4.79 Å². The van der Waals surface area contributed by atoms with E-state index in [1.54, 1.807) is 11.8 Å². The molecular weight excluding hydrogens is 260 g/mol. The van der Waals surface area contributed by atoms with Crippen molar-refractivity contribution in [1.82, 2.24) is 4.90 Å². The number of nitrogens with zero attached hydrogens (tertiary/aromatic N) is 1. The van der Waals surface area contributed by atoms with Gasteiger partial charge < -0.3 is 15.7 Å². The van der Waals surface area contributed by atoms with Gasteiger partial charge in [-0.1, -0.05) is 6.92 Å². The zero-order valence-electron chi connectivity index (χ0n) is 9.33. The summed E-state index contributed by atoms with van der Waals surface area (Å²) in [5.74, 6) is 0.331. The lowest BCUT2D eigenvalue weighted by Gasteiger charge is -2.50. The largest absolute Gasteiger partial charge is 0.479 e. The average molecular weight is 274 g/mol. The molecule has 1 fully saturated rings. The van der Waals surface area contributed by atoms with Crippen molar-refractivity contribution in [2.24, 2.45) is 5.73 Å². The zero-order valence-corrected chi connectivity index (χ0v) is 11.0. The van der Waals surface area contributed by atoms with E-state index in [2.05, 4.69) is 0 Å². The summed E-state index contributed by atoms with van der Waals surface area (Å²) in [7, 11) is 0. The molecule has 0 radical (unpaired) electrons. The van der Waals surface area contributed by atoms with Crippen LogP contribution in [0.4, 0.5) is 0 Å². The summed E-state index contributed by atoms with van der Waals surface area (Å²) in [5, 5.41) is 10.9. The lowest BCUT2D eigenvalue weighted by Crippen LogP contribution is -2.72. The van der Waals surface area contributed by atoms with Crippen LogP contribution >= 0.6 is 23.5 Å². The molecule has 3 atom stereocenters. The minimum Gasteiger partial charge on any atom is -0.479 e. The molecular formula is C10H14N2O3S2. The predicted octanol–water partition coefficient (Wildman–Crippen LogP) is 0.319. The van der Waals surface area contributed by atoms with Crippen LogP contribution in [0.1, 0.15) is 6.92 Å². The number of rotatable bonds is 4. The molecule has 7 heteroatoms. The first-order valence-electron chi connectivity index (χ1n) is 5.30. The van der Waals surface area contributed by atoms with Crippen molar-refractivity contribution < 1.29 is 14.7 Å². The molecule has 2 heterocycles. The van der Waals surface area contributed by atoms with Gasteiger partial charge in [-0.15, -0.1) is 11.8 Å². The van der Waals surface area contributed by atoms with Gasteiger partial charge in [-0.2, -0.15) is 11.8 Å². The van der Waals surface area contributed by atoms with Crippen LogP contribution in [0.2, 0.25) is 0 Å². The minimum atomic E-state index is -0.974. The fourth-order valence-corrected chi connectivity index (χ4v) is 3.90. The molecule has 0 saturated carbocycles. The van der Waals surface area contributed by atoms with Gasteiger partial charge in [-0.05, 0) is 16.7 Å². The highest BCUT2D eigenvalue weighted by atomic mass is 32.2. The molecule has 5 nitrogen and oxygen atoms in total. The number of β-lactam (4-membered cyclic amide) rings is 1. The first kappa shape index (κ1) is 12.8. The number of hydrogen-bond donors (Lipinski definition) is 2. The summed E-state index contributed by atoms with van der Waals surface area (Å²) < 4.78 is 0. The van der Waals surface area contributed by atoms with E-state index >= 15 is 0 Å². The summed E-state index contributed by atoms with van der Waals surface area (Å²) in [6.07, 6.45) is 0. The average Bonchev–Trinajstić information content (AvgIpc) is 2.33. The molecule has 0 aromatic heterocycles. The van der Waals surface area contributed by atoms with E-state index in [0.717, 1.165) is 11.3 Å². The second-order valence-corrected chi connectivity index (χ2v) is 6.13. The fraction of sp³-hybridized carbons (Fsp3) is 0.600. The van der Waals surface area contributed by atoms with Crippen LogP contribution in [-0.4, -0.2) is 50.8 Å². The number of nitrogens with two attached hydrogens (primary N) is 1. The predicted molar refractivity (Wildman–Crippen MR) is 68.7 cm³/mol. The Morgan fingerprint density at radius 1 is 1.71 bits per heavy atom. The number of hydrogen-bond acceptors (Lipinski definition) is 5. The number of carboxylic acid groups (broad SMARTS) is 1. The van der Waals surface area contributed by atoms with Crippen molar-refractivity contribution in [3.05, 3.63) is 11.0 Å². The normalized spacial score (nSPS) is 31.6. The quantitative estimate of drug-likeness (QED) is 0.718. The molecule has 0 aromatic carbocycles. The number of amides is 1. The van der Waals surface area contributed by atoms with Crippen molar-refractivity contribution >= 4 is 35.4 Å². The zero-order chi connectivity index (χ0) is 12.6. The molecule has 1 amide bonds. The van der Waals surface area contributed by atoms with Crippen LogP contribution < -0.4 is 5.73 Å². The van der Waals surface area contributed by atoms with Crippen molar-refractivity contribution in [3.8, 4) is 0 Å². The second kappa shape index (κ2) is 4.91. The third-order valence-corrected chi connectivity index (χ3v) is 5.00. The van der Waals surface area contributed by atoms with Crippen LogP contribution in [-0.2, 0) is 9.59 Å².